The van der Waals surface area contributed by atoms with Crippen molar-refractivity contribution in [2.45, 2.75) is 39.0 Å². The lowest BCUT2D eigenvalue weighted by molar-refractivity contribution is 0.536. The van der Waals surface area contributed by atoms with Gasteiger partial charge in [-0.1, -0.05) is 0 Å². The third kappa shape index (κ3) is 4.13. The van der Waals surface area contributed by atoms with Crippen LogP contribution in [0.2, 0.25) is 0 Å². The Balaban J connectivity index is 0.00000280. The number of aromatic nitrogens is 4. The van der Waals surface area contributed by atoms with Crippen molar-refractivity contribution in [2.24, 2.45) is 4.36 Å². The number of hydrogen-bond acceptors (Lipinski definition) is 5. The topological polar surface area (TPSA) is 86.2 Å². The van der Waals surface area contributed by atoms with Gasteiger partial charge in [-0.25, -0.2) is 18.1 Å². The minimum atomic E-state index is -2.27. The van der Waals surface area contributed by atoms with Crippen LogP contribution in [0, 0.1) is 19.7 Å². The molecule has 194 valence electrons. The van der Waals surface area contributed by atoms with E-state index in [1.54, 1.807) is 58.4 Å². The first kappa shape index (κ1) is 25.4. The zero-order valence-corrected chi connectivity index (χ0v) is 22.6. The van der Waals surface area contributed by atoms with Gasteiger partial charge < -0.3 is 5.32 Å². The molecule has 0 bridgehead atoms. The molecule has 2 aliphatic rings. The SMILES string of the molecule is Cc1cc(-n2nc3c(c2-n2ccn(-c4ccc5c(c4)CS(C)(=O)=N5)c2=O)[C@H](C)NCC3)cc(C)c1F.Cl. The molecule has 6 rings (SSSR count). The molecule has 2 aromatic carbocycles. The summed E-state index contributed by atoms with van der Waals surface area (Å²) >= 11 is 0. The van der Waals surface area contributed by atoms with E-state index in [0.29, 0.717) is 39.8 Å². The van der Waals surface area contributed by atoms with Crippen molar-refractivity contribution in [3.63, 3.8) is 0 Å². The van der Waals surface area contributed by atoms with Gasteiger partial charge in [0.1, 0.15) is 11.6 Å². The molecule has 0 fully saturated rings. The Hall–Kier alpha value is -3.21. The van der Waals surface area contributed by atoms with E-state index in [0.717, 1.165) is 29.8 Å². The maximum atomic E-state index is 14.4. The number of nitrogens with zero attached hydrogens (tertiary/aromatic N) is 5. The second-order valence-corrected chi connectivity index (χ2v) is 12.1. The fourth-order valence-corrected chi connectivity index (χ4v) is 6.72. The Morgan fingerprint density at radius 2 is 1.78 bits per heavy atom. The Labute approximate surface area is 220 Å². The van der Waals surface area contributed by atoms with Crippen LogP contribution in [0.15, 0.2) is 51.9 Å². The van der Waals surface area contributed by atoms with Crippen LogP contribution in [0.1, 0.15) is 40.9 Å². The number of imidazole rings is 1. The molecule has 4 aromatic rings. The lowest BCUT2D eigenvalue weighted by Gasteiger charge is -2.21. The zero-order chi connectivity index (χ0) is 25.4. The van der Waals surface area contributed by atoms with Gasteiger partial charge in [-0.2, -0.15) is 9.46 Å². The van der Waals surface area contributed by atoms with Gasteiger partial charge in [0.2, 0.25) is 0 Å². The van der Waals surface area contributed by atoms with Gasteiger partial charge in [0.15, 0.2) is 0 Å². The first-order valence-electron chi connectivity index (χ1n) is 11.9. The van der Waals surface area contributed by atoms with Crippen LogP contribution in [-0.2, 0) is 21.9 Å². The monoisotopic (exact) mass is 542 g/mol. The maximum absolute atomic E-state index is 14.4. The fourth-order valence-electron chi connectivity index (χ4n) is 5.25. The van der Waals surface area contributed by atoms with Crippen molar-refractivity contribution in [1.82, 2.24) is 24.2 Å². The standard InChI is InChI=1S/C26H27FN6O2S.ClH/c1-15-11-20(12-16(2)24(15)27)33-25(23-17(3)28-8-7-22(23)29-33)32-10-9-31(26(32)34)19-5-6-21-18(13-19)14-36(4,35)30-21;/h5-6,9-13,17,28H,7-8,14H2,1-4H3;1H/t17-,36?;/m0./s1. The van der Waals surface area contributed by atoms with E-state index in [4.69, 9.17) is 5.10 Å². The summed E-state index contributed by atoms with van der Waals surface area (Å²) in [6.07, 6.45) is 5.85. The molecule has 1 N–H and O–H groups in total. The molecule has 0 spiro atoms. The van der Waals surface area contributed by atoms with E-state index < -0.39 is 9.73 Å². The Bertz CT molecular complexity index is 1720. The minimum Gasteiger partial charge on any atom is -0.310 e. The lowest BCUT2D eigenvalue weighted by Crippen LogP contribution is -2.30. The molecule has 0 radical (unpaired) electrons. The summed E-state index contributed by atoms with van der Waals surface area (Å²) in [6.45, 7) is 6.32. The van der Waals surface area contributed by atoms with Gasteiger partial charge in [-0.05, 0) is 67.8 Å². The first-order valence-corrected chi connectivity index (χ1v) is 14.0. The van der Waals surface area contributed by atoms with Crippen LogP contribution in [0.4, 0.5) is 10.1 Å². The summed E-state index contributed by atoms with van der Waals surface area (Å²) in [6, 6.07) is 9.03. The van der Waals surface area contributed by atoms with E-state index in [1.165, 1.54) is 0 Å². The van der Waals surface area contributed by atoms with Gasteiger partial charge in [0.25, 0.3) is 0 Å². The molecule has 4 heterocycles. The highest BCUT2D eigenvalue weighted by molar-refractivity contribution is 7.92. The first-order chi connectivity index (χ1) is 17.1. The molecule has 0 saturated carbocycles. The largest absolute Gasteiger partial charge is 0.338 e. The summed E-state index contributed by atoms with van der Waals surface area (Å²) in [5.74, 6) is 0.778. The smallest absolute Gasteiger partial charge is 0.310 e. The van der Waals surface area contributed by atoms with Crippen LogP contribution in [-0.4, -0.2) is 35.9 Å². The summed E-state index contributed by atoms with van der Waals surface area (Å²) in [5.41, 5.74) is 5.66. The second kappa shape index (κ2) is 8.97. The van der Waals surface area contributed by atoms with Crippen molar-refractivity contribution in [1.29, 1.82) is 0 Å². The molecule has 0 amide bonds. The van der Waals surface area contributed by atoms with Gasteiger partial charge in [-0.15, -0.1) is 12.4 Å². The lowest BCUT2D eigenvalue weighted by atomic mass is 10.0. The number of fused-ring (bicyclic) bond motifs is 2. The number of aryl methyl sites for hydroxylation is 2. The average molecular weight is 543 g/mol. The van der Waals surface area contributed by atoms with Crippen molar-refractivity contribution in [3.8, 4) is 17.2 Å². The Morgan fingerprint density at radius 1 is 1.08 bits per heavy atom. The van der Waals surface area contributed by atoms with Crippen LogP contribution in [0.3, 0.4) is 0 Å². The highest BCUT2D eigenvalue weighted by atomic mass is 35.5. The Morgan fingerprint density at radius 3 is 2.51 bits per heavy atom. The second-order valence-electron chi connectivity index (χ2n) is 9.74. The number of benzene rings is 2. The van der Waals surface area contributed by atoms with Crippen LogP contribution < -0.4 is 11.0 Å². The van der Waals surface area contributed by atoms with Crippen LogP contribution in [0.25, 0.3) is 17.2 Å². The number of rotatable bonds is 3. The van der Waals surface area contributed by atoms with E-state index >= 15 is 0 Å². The van der Waals surface area contributed by atoms with Gasteiger partial charge in [0.05, 0.1) is 38.2 Å². The normalized spacial score (nSPS) is 20.2. The van der Waals surface area contributed by atoms with Gasteiger partial charge >= 0.3 is 5.69 Å². The summed E-state index contributed by atoms with van der Waals surface area (Å²) in [5, 5.41) is 8.35. The molecule has 0 saturated heterocycles. The summed E-state index contributed by atoms with van der Waals surface area (Å²) in [4.78, 5) is 13.8. The molecule has 37 heavy (non-hydrogen) atoms. The third-order valence-electron chi connectivity index (χ3n) is 6.95. The maximum Gasteiger partial charge on any atom is 0.338 e. The number of nitrogens with one attached hydrogen (secondary N) is 1. The third-order valence-corrected chi connectivity index (χ3v) is 8.37. The molecule has 2 aromatic heterocycles. The molecular formula is C26H28ClFN6O2S. The zero-order valence-electron chi connectivity index (χ0n) is 21.0. The quantitative estimate of drug-likeness (QED) is 0.415. The minimum absolute atomic E-state index is 0. The van der Waals surface area contributed by atoms with Crippen molar-refractivity contribution in [2.75, 3.05) is 12.8 Å². The van der Waals surface area contributed by atoms with E-state index in [1.807, 2.05) is 18.2 Å². The number of hydrogen-bond donors (Lipinski definition) is 1. The fraction of sp³-hybridized carbons (Fsp3) is 0.308. The molecule has 11 heteroatoms. The summed E-state index contributed by atoms with van der Waals surface area (Å²) in [7, 11) is -2.27. The molecule has 1 unspecified atom stereocenters. The molecule has 8 nitrogen and oxygen atoms in total. The van der Waals surface area contributed by atoms with Crippen LogP contribution in [0.5, 0.6) is 0 Å². The molecule has 2 aliphatic heterocycles. The molecule has 2 atom stereocenters. The predicted octanol–water partition coefficient (Wildman–Crippen LogP) is 4.44. The van der Waals surface area contributed by atoms with Gasteiger partial charge in [0, 0.05) is 43.2 Å². The molecule has 0 aliphatic carbocycles. The molecular weight excluding hydrogens is 515 g/mol. The number of halogens is 2. The highest BCUT2D eigenvalue weighted by Crippen LogP contribution is 2.33. The Kier molecular flexibility index (Phi) is 6.17. The van der Waals surface area contributed by atoms with Gasteiger partial charge in [-0.3, -0.25) is 9.13 Å². The van der Waals surface area contributed by atoms with E-state index in [9.17, 15) is 13.4 Å². The van der Waals surface area contributed by atoms with Crippen molar-refractivity contribution in [3.05, 3.63) is 87.0 Å². The predicted molar refractivity (Wildman–Crippen MR) is 145 cm³/mol. The highest BCUT2D eigenvalue weighted by Gasteiger charge is 2.29. The van der Waals surface area contributed by atoms with Crippen molar-refractivity contribution >= 4 is 27.8 Å². The van der Waals surface area contributed by atoms with E-state index in [-0.39, 0.29) is 30.0 Å². The van der Waals surface area contributed by atoms with E-state index in [2.05, 4.69) is 16.6 Å². The average Bonchev–Trinajstić information content (AvgIpc) is 3.48. The summed E-state index contributed by atoms with van der Waals surface area (Å²) < 4.78 is 36.1. The van der Waals surface area contributed by atoms with Crippen LogP contribution >= 0.6 is 12.4 Å². The van der Waals surface area contributed by atoms with Crippen molar-refractivity contribution < 1.29 is 8.60 Å².